The lowest BCUT2D eigenvalue weighted by Crippen LogP contribution is -2.53. The molecule has 4 heterocycles. The number of allylic oxidation sites excluding steroid dienone is 3. The van der Waals surface area contributed by atoms with Crippen LogP contribution in [-0.4, -0.2) is 60.6 Å². The van der Waals surface area contributed by atoms with Gasteiger partial charge in [0, 0.05) is 55.2 Å². The summed E-state index contributed by atoms with van der Waals surface area (Å²) in [4.78, 5) is 24.3. The van der Waals surface area contributed by atoms with E-state index >= 15 is 0 Å². The van der Waals surface area contributed by atoms with Crippen LogP contribution >= 0.6 is 0 Å². The van der Waals surface area contributed by atoms with Gasteiger partial charge in [-0.25, -0.2) is 4.79 Å². The van der Waals surface area contributed by atoms with Crippen LogP contribution in [0.25, 0.3) is 0 Å². The molecule has 1 spiro atoms. The van der Waals surface area contributed by atoms with Crippen molar-refractivity contribution in [1.82, 2.24) is 15.5 Å². The fourth-order valence-corrected chi connectivity index (χ4v) is 6.38. The third-order valence-electron chi connectivity index (χ3n) is 8.50. The van der Waals surface area contributed by atoms with Crippen LogP contribution in [0.3, 0.4) is 0 Å². The third kappa shape index (κ3) is 6.13. The Kier molecular flexibility index (Phi) is 7.52. The second-order valence-electron chi connectivity index (χ2n) is 11.3. The molecule has 6 rings (SSSR count). The smallest absolute Gasteiger partial charge is 0.493 e. The lowest BCUT2D eigenvalue weighted by atomic mass is 9.81. The van der Waals surface area contributed by atoms with Crippen LogP contribution < -0.4 is 20.1 Å². The van der Waals surface area contributed by atoms with Gasteiger partial charge in [-0.3, -0.25) is 9.98 Å². The molecule has 0 aromatic heterocycles. The highest BCUT2D eigenvalue weighted by Gasteiger charge is 2.44. The largest absolute Gasteiger partial charge is 0.573 e. The van der Waals surface area contributed by atoms with Gasteiger partial charge in [0.15, 0.2) is 5.66 Å². The van der Waals surface area contributed by atoms with Gasteiger partial charge in [-0.1, -0.05) is 6.08 Å². The average molecular weight is 570 g/mol. The zero-order valence-electron chi connectivity index (χ0n) is 22.7. The number of alkyl halides is 3. The number of dihydropyridines is 1. The molecular weight excluding hydrogens is 535 g/mol. The van der Waals surface area contributed by atoms with E-state index in [-0.39, 0.29) is 23.7 Å². The molecule has 0 radical (unpaired) electrons. The molecule has 1 aromatic carbocycles. The molecule has 1 saturated heterocycles. The Balaban J connectivity index is 0.954. The van der Waals surface area contributed by atoms with E-state index in [1.807, 2.05) is 23.4 Å². The number of ether oxygens (including phenoxy) is 2. The van der Waals surface area contributed by atoms with E-state index in [4.69, 9.17) is 9.73 Å². The van der Waals surface area contributed by atoms with Crippen molar-refractivity contribution in [2.45, 2.75) is 63.0 Å². The molecule has 218 valence electrons. The van der Waals surface area contributed by atoms with Crippen LogP contribution in [0.15, 0.2) is 69.9 Å². The number of amides is 2. The summed E-state index contributed by atoms with van der Waals surface area (Å²) in [7, 11) is 0. The van der Waals surface area contributed by atoms with Crippen LogP contribution in [0.1, 0.15) is 44.9 Å². The number of urea groups is 1. The molecule has 2 amide bonds. The van der Waals surface area contributed by atoms with Gasteiger partial charge in [0.2, 0.25) is 0 Å². The molecule has 8 nitrogen and oxygen atoms in total. The van der Waals surface area contributed by atoms with Crippen molar-refractivity contribution in [3.63, 3.8) is 0 Å². The van der Waals surface area contributed by atoms with Crippen molar-refractivity contribution < 1.29 is 27.4 Å². The van der Waals surface area contributed by atoms with Gasteiger partial charge >= 0.3 is 12.4 Å². The lowest BCUT2D eigenvalue weighted by molar-refractivity contribution is -0.274. The molecule has 2 atom stereocenters. The number of nitrogens with zero attached hydrogens (tertiary/aromatic N) is 3. The molecule has 2 N–H and O–H groups in total. The number of piperidine rings is 1. The van der Waals surface area contributed by atoms with Crippen LogP contribution in [0.2, 0.25) is 0 Å². The molecule has 41 heavy (non-hydrogen) atoms. The minimum absolute atomic E-state index is 0.0385. The zero-order chi connectivity index (χ0) is 28.5. The summed E-state index contributed by atoms with van der Waals surface area (Å²) in [6, 6.07) is 5.47. The Labute approximate surface area is 237 Å². The van der Waals surface area contributed by atoms with Crippen molar-refractivity contribution in [1.29, 1.82) is 0 Å². The number of carbonyl (C=O) groups excluding carboxylic acids is 1. The van der Waals surface area contributed by atoms with Crippen LogP contribution in [-0.2, 0) is 0 Å². The maximum atomic E-state index is 13.1. The minimum Gasteiger partial charge on any atom is -0.493 e. The molecule has 1 aliphatic carbocycles. The first-order chi connectivity index (χ1) is 19.8. The molecule has 4 aliphatic heterocycles. The van der Waals surface area contributed by atoms with E-state index in [1.165, 1.54) is 30.0 Å². The van der Waals surface area contributed by atoms with E-state index in [0.717, 1.165) is 56.2 Å². The first kappa shape index (κ1) is 27.4. The van der Waals surface area contributed by atoms with Crippen LogP contribution in [0.4, 0.5) is 18.0 Å². The number of aliphatic imine (C=N–C) groups is 2. The zero-order valence-corrected chi connectivity index (χ0v) is 22.7. The number of hydrogen-bond donors (Lipinski definition) is 2. The van der Waals surface area contributed by atoms with E-state index in [9.17, 15) is 18.0 Å². The van der Waals surface area contributed by atoms with Crippen molar-refractivity contribution in [2.24, 2.45) is 21.8 Å². The van der Waals surface area contributed by atoms with E-state index < -0.39 is 12.0 Å². The summed E-state index contributed by atoms with van der Waals surface area (Å²) < 4.78 is 46.8. The number of likely N-dealkylation sites (tertiary alicyclic amines) is 1. The Morgan fingerprint density at radius 3 is 2.66 bits per heavy atom. The fourth-order valence-electron chi connectivity index (χ4n) is 6.38. The second-order valence-corrected chi connectivity index (χ2v) is 11.3. The monoisotopic (exact) mass is 569 g/mol. The number of hydrogen-bond acceptors (Lipinski definition) is 6. The Bertz CT molecular complexity index is 1300. The molecule has 11 heteroatoms. The number of rotatable bonds is 6. The molecule has 1 saturated carbocycles. The molecule has 2 unspecified atom stereocenters. The highest BCUT2D eigenvalue weighted by molar-refractivity contribution is 6.10. The van der Waals surface area contributed by atoms with Gasteiger partial charge < -0.3 is 25.0 Å². The van der Waals surface area contributed by atoms with Gasteiger partial charge in [0.1, 0.15) is 11.5 Å². The van der Waals surface area contributed by atoms with Gasteiger partial charge in [0.25, 0.3) is 0 Å². The van der Waals surface area contributed by atoms with Gasteiger partial charge in [-0.15, -0.1) is 13.2 Å². The predicted octanol–water partition coefficient (Wildman–Crippen LogP) is 5.50. The topological polar surface area (TPSA) is 87.5 Å². The standard InChI is InChI=1S/C30H34F3N5O3/c31-30(32,33)41-25-10-8-24(9-11-25)40-19-20-2-1-17-38(18-20)28(39)36-23-6-3-21(4-7-23)26-12-5-22-13-15-34-27-14-16-35-29(22,27)37-26/h5,8-13,15-16,20-21,23,37H,1-4,6-7,14,17-19H2,(H,36,39). The normalized spacial score (nSPS) is 28.9. The first-order valence-corrected chi connectivity index (χ1v) is 14.3. The van der Waals surface area contributed by atoms with Gasteiger partial charge in [0.05, 0.1) is 12.3 Å². The van der Waals surface area contributed by atoms with Crippen LogP contribution in [0.5, 0.6) is 11.5 Å². The van der Waals surface area contributed by atoms with Crippen molar-refractivity contribution in [3.05, 3.63) is 60.0 Å². The summed E-state index contributed by atoms with van der Waals surface area (Å²) >= 11 is 0. The summed E-state index contributed by atoms with van der Waals surface area (Å²) in [6.07, 6.45) is 11.8. The van der Waals surface area contributed by atoms with Crippen molar-refractivity contribution >= 4 is 18.0 Å². The maximum Gasteiger partial charge on any atom is 0.573 e. The first-order valence-electron chi connectivity index (χ1n) is 14.3. The predicted molar refractivity (Wildman–Crippen MR) is 149 cm³/mol. The fraction of sp³-hybridized carbons (Fsp3) is 0.500. The quantitative estimate of drug-likeness (QED) is 0.474. The van der Waals surface area contributed by atoms with E-state index in [1.54, 1.807) is 0 Å². The lowest BCUT2D eigenvalue weighted by Gasteiger charge is -2.40. The molecule has 5 aliphatic rings. The van der Waals surface area contributed by atoms with Crippen molar-refractivity contribution in [2.75, 3.05) is 19.7 Å². The van der Waals surface area contributed by atoms with E-state index in [0.29, 0.717) is 31.4 Å². The molecule has 2 fully saturated rings. The Morgan fingerprint density at radius 1 is 1.10 bits per heavy atom. The summed E-state index contributed by atoms with van der Waals surface area (Å²) in [5, 5.41) is 6.95. The summed E-state index contributed by atoms with van der Waals surface area (Å²) in [5.74, 6) is 0.725. The molecule has 1 aromatic rings. The molecular formula is C30H34F3N5O3. The van der Waals surface area contributed by atoms with Crippen molar-refractivity contribution in [3.8, 4) is 11.5 Å². The molecule has 0 bridgehead atoms. The van der Waals surface area contributed by atoms with Crippen LogP contribution in [0, 0.1) is 11.8 Å². The Morgan fingerprint density at radius 2 is 1.88 bits per heavy atom. The SMILES string of the molecule is O=C(NC1CCC(C2=CC=C3C=CN=C4CC=NC34N2)CC1)N1CCCC(COc2ccc(OC(F)(F)F)cc2)C1. The number of carbonyl (C=O) groups is 1. The number of halogens is 3. The summed E-state index contributed by atoms with van der Waals surface area (Å²) in [6.45, 7) is 1.68. The van der Waals surface area contributed by atoms with Gasteiger partial charge in [-0.2, -0.15) is 0 Å². The third-order valence-corrected chi connectivity index (χ3v) is 8.50. The number of nitrogens with one attached hydrogen (secondary N) is 2. The second kappa shape index (κ2) is 11.3. The highest BCUT2D eigenvalue weighted by atomic mass is 19.4. The van der Waals surface area contributed by atoms with Gasteiger partial charge in [-0.05, 0) is 80.9 Å². The maximum absolute atomic E-state index is 13.1. The number of benzene rings is 1. The summed E-state index contributed by atoms with van der Waals surface area (Å²) in [5.41, 5.74) is 2.82. The van der Waals surface area contributed by atoms with E-state index in [2.05, 4.69) is 32.5 Å². The Hall–Kier alpha value is -3.76. The highest BCUT2D eigenvalue weighted by Crippen LogP contribution is 2.38. The average Bonchev–Trinajstić information content (AvgIpc) is 3.39. The minimum atomic E-state index is -4.72.